The van der Waals surface area contributed by atoms with Gasteiger partial charge in [0.2, 0.25) is 0 Å². The monoisotopic (exact) mass is 494 g/mol. The number of aryl methyl sites for hydroxylation is 1. The zero-order valence-electron chi connectivity index (χ0n) is 19.2. The van der Waals surface area contributed by atoms with Gasteiger partial charge in [-0.2, -0.15) is 0 Å². The molecule has 0 radical (unpaired) electrons. The molecule has 3 N–H and O–H groups in total. The molecule has 4 heterocycles. The number of hydrogen-bond acceptors (Lipinski definition) is 9. The van der Waals surface area contributed by atoms with E-state index in [1.807, 2.05) is 0 Å². The van der Waals surface area contributed by atoms with Crippen molar-refractivity contribution in [3.63, 3.8) is 0 Å². The van der Waals surface area contributed by atoms with Gasteiger partial charge in [-0.1, -0.05) is 16.4 Å². The Balaban J connectivity index is 1.37. The molecule has 5 atom stereocenters. The van der Waals surface area contributed by atoms with E-state index in [1.165, 1.54) is 29.9 Å². The quantitative estimate of drug-likeness (QED) is 0.567. The maximum atomic E-state index is 14.5. The molecule has 3 aliphatic heterocycles. The summed E-state index contributed by atoms with van der Waals surface area (Å²) in [5.41, 5.74) is 0.406. The average Bonchev–Trinajstić information content (AvgIpc) is 3.48. The Kier molecular flexibility index (Phi) is 6.57. The molecule has 35 heavy (non-hydrogen) atoms. The number of nitrogens with zero attached hydrogens (tertiary/aromatic N) is 4. The summed E-state index contributed by atoms with van der Waals surface area (Å²) in [6.45, 7) is 2.13. The van der Waals surface area contributed by atoms with E-state index in [4.69, 9.17) is 14.3 Å². The van der Waals surface area contributed by atoms with Crippen LogP contribution in [-0.4, -0.2) is 85.9 Å². The third kappa shape index (κ3) is 4.45. The number of rotatable bonds is 5. The molecule has 1 aromatic carbocycles. The largest absolute Gasteiger partial charge is 0.394 e. The van der Waals surface area contributed by atoms with Gasteiger partial charge in [0.05, 0.1) is 37.8 Å². The van der Waals surface area contributed by atoms with E-state index in [9.17, 15) is 24.1 Å². The lowest BCUT2D eigenvalue weighted by Gasteiger charge is -2.42. The van der Waals surface area contributed by atoms with Crippen molar-refractivity contribution in [2.24, 2.45) is 5.16 Å². The number of aliphatic hydroxyl groups excluding tert-OH is 3. The van der Waals surface area contributed by atoms with E-state index in [0.29, 0.717) is 38.2 Å². The molecule has 2 saturated heterocycles. The molecule has 12 heteroatoms. The number of hydrogen-bond donors (Lipinski definition) is 3. The standard InChI is InChI=1S/C23H28F2N4O6/c1-12-2-3-14(19(25)18(12)24)15-10-29(28-26-15)20-21(31)16(34-17(11-30)22(20)32)8-13-9-23(35-27-13)4-6-33-7-5-23/h2-3,10,16-17,20-22,30-32H,4-9,11H2,1H3/t16-,17-,20-,21+,22+/m1/s1. The van der Waals surface area contributed by atoms with E-state index in [2.05, 4.69) is 15.5 Å². The zero-order chi connectivity index (χ0) is 24.7. The van der Waals surface area contributed by atoms with Crippen LogP contribution in [0.3, 0.4) is 0 Å². The van der Waals surface area contributed by atoms with Gasteiger partial charge >= 0.3 is 0 Å². The van der Waals surface area contributed by atoms with Gasteiger partial charge in [-0.25, -0.2) is 13.5 Å². The fraction of sp³-hybridized carbons (Fsp3) is 0.609. The van der Waals surface area contributed by atoms with Crippen LogP contribution in [0.5, 0.6) is 0 Å². The van der Waals surface area contributed by atoms with Gasteiger partial charge in [0, 0.05) is 31.2 Å². The second-order valence-corrected chi connectivity index (χ2v) is 9.43. The first-order chi connectivity index (χ1) is 16.8. The lowest BCUT2D eigenvalue weighted by molar-refractivity contribution is -0.203. The Labute approximate surface area is 200 Å². The predicted molar refractivity (Wildman–Crippen MR) is 117 cm³/mol. The Morgan fingerprint density at radius 2 is 1.86 bits per heavy atom. The van der Waals surface area contributed by atoms with Gasteiger partial charge in [0.1, 0.15) is 35.6 Å². The minimum Gasteiger partial charge on any atom is -0.394 e. The molecule has 0 saturated carbocycles. The molecule has 0 amide bonds. The van der Waals surface area contributed by atoms with Gasteiger partial charge in [-0.05, 0) is 18.6 Å². The molecule has 2 aromatic rings. The zero-order valence-corrected chi connectivity index (χ0v) is 19.2. The first kappa shape index (κ1) is 24.2. The molecule has 0 aliphatic carbocycles. The van der Waals surface area contributed by atoms with Crippen molar-refractivity contribution in [2.45, 2.75) is 68.7 Å². The highest BCUT2D eigenvalue weighted by Crippen LogP contribution is 2.37. The Hall–Kier alpha value is -2.51. The van der Waals surface area contributed by atoms with Crippen LogP contribution < -0.4 is 0 Å². The lowest BCUT2D eigenvalue weighted by atomic mass is 9.85. The molecule has 5 rings (SSSR count). The van der Waals surface area contributed by atoms with Crippen molar-refractivity contribution in [2.75, 3.05) is 19.8 Å². The summed E-state index contributed by atoms with van der Waals surface area (Å²) in [4.78, 5) is 5.72. The minimum atomic E-state index is -1.33. The van der Waals surface area contributed by atoms with Crippen LogP contribution in [0, 0.1) is 18.6 Å². The number of benzene rings is 1. The maximum Gasteiger partial charge on any atom is 0.168 e. The Morgan fingerprint density at radius 1 is 1.11 bits per heavy atom. The molecule has 1 spiro atoms. The summed E-state index contributed by atoms with van der Waals surface area (Å²) in [6, 6.07) is 1.77. The third-order valence-corrected chi connectivity index (χ3v) is 7.09. The van der Waals surface area contributed by atoms with Crippen molar-refractivity contribution < 1.29 is 38.4 Å². The molecule has 2 fully saturated rings. The lowest BCUT2D eigenvalue weighted by Crippen LogP contribution is -2.56. The van der Waals surface area contributed by atoms with Crippen LogP contribution in [-0.2, 0) is 14.3 Å². The number of halogens is 2. The van der Waals surface area contributed by atoms with E-state index < -0.39 is 54.3 Å². The Bertz CT molecular complexity index is 1110. The fourth-order valence-corrected chi connectivity index (χ4v) is 5.00. The van der Waals surface area contributed by atoms with Crippen molar-refractivity contribution in [3.05, 3.63) is 35.5 Å². The smallest absolute Gasteiger partial charge is 0.168 e. The number of aliphatic hydroxyl groups is 3. The Morgan fingerprint density at radius 3 is 2.60 bits per heavy atom. The molecule has 0 bridgehead atoms. The average molecular weight is 494 g/mol. The fourth-order valence-electron chi connectivity index (χ4n) is 5.00. The van der Waals surface area contributed by atoms with Gasteiger partial charge in [0.15, 0.2) is 11.6 Å². The highest BCUT2D eigenvalue weighted by Gasteiger charge is 2.48. The topological polar surface area (TPSA) is 131 Å². The van der Waals surface area contributed by atoms with Crippen LogP contribution in [0.4, 0.5) is 8.78 Å². The van der Waals surface area contributed by atoms with Crippen LogP contribution in [0.15, 0.2) is 23.5 Å². The van der Waals surface area contributed by atoms with Crippen molar-refractivity contribution in [1.82, 2.24) is 15.0 Å². The normalized spacial score (nSPS) is 30.3. The summed E-state index contributed by atoms with van der Waals surface area (Å²) >= 11 is 0. The van der Waals surface area contributed by atoms with Gasteiger partial charge in [-0.15, -0.1) is 5.10 Å². The van der Waals surface area contributed by atoms with Crippen LogP contribution >= 0.6 is 0 Å². The van der Waals surface area contributed by atoms with Crippen molar-refractivity contribution >= 4 is 5.71 Å². The molecule has 0 unspecified atom stereocenters. The second-order valence-electron chi connectivity index (χ2n) is 9.43. The molecule has 190 valence electrons. The molecule has 3 aliphatic rings. The third-order valence-electron chi connectivity index (χ3n) is 7.09. The summed E-state index contributed by atoms with van der Waals surface area (Å²) < 4.78 is 40.9. The minimum absolute atomic E-state index is 0.0411. The van der Waals surface area contributed by atoms with Gasteiger partial charge in [0.25, 0.3) is 0 Å². The van der Waals surface area contributed by atoms with E-state index in [-0.39, 0.29) is 23.2 Å². The summed E-state index contributed by atoms with van der Waals surface area (Å²) in [5, 5.41) is 43.8. The summed E-state index contributed by atoms with van der Waals surface area (Å²) in [5.74, 6) is -2.04. The van der Waals surface area contributed by atoms with Crippen molar-refractivity contribution in [1.29, 1.82) is 0 Å². The van der Waals surface area contributed by atoms with Gasteiger partial charge < -0.3 is 29.6 Å². The number of ether oxygens (including phenoxy) is 2. The van der Waals surface area contributed by atoms with E-state index in [0.717, 1.165) is 0 Å². The SMILES string of the molecule is Cc1ccc(-c2cn([C@H]3[C@@H](O)[C@@H](CO)O[C@H](CC4=NOC5(CCOCC5)C4)[C@@H]3O)nn2)c(F)c1F. The number of aromatic nitrogens is 3. The molecule has 1 aromatic heterocycles. The van der Waals surface area contributed by atoms with E-state index in [1.54, 1.807) is 0 Å². The van der Waals surface area contributed by atoms with Gasteiger partial charge in [-0.3, -0.25) is 0 Å². The highest BCUT2D eigenvalue weighted by atomic mass is 19.2. The van der Waals surface area contributed by atoms with Crippen LogP contribution in [0.1, 0.15) is 37.3 Å². The maximum absolute atomic E-state index is 14.5. The first-order valence-electron chi connectivity index (χ1n) is 11.6. The van der Waals surface area contributed by atoms with E-state index >= 15 is 0 Å². The second kappa shape index (κ2) is 9.51. The molecular weight excluding hydrogens is 466 g/mol. The number of oxime groups is 1. The predicted octanol–water partition coefficient (Wildman–Crippen LogP) is 1.27. The van der Waals surface area contributed by atoms with Crippen LogP contribution in [0.2, 0.25) is 0 Å². The molecular formula is C23H28F2N4O6. The van der Waals surface area contributed by atoms with Crippen LogP contribution in [0.25, 0.3) is 11.3 Å². The highest BCUT2D eigenvalue weighted by molar-refractivity contribution is 5.86. The van der Waals surface area contributed by atoms with Crippen molar-refractivity contribution in [3.8, 4) is 11.3 Å². The first-order valence-corrected chi connectivity index (χ1v) is 11.6. The molecule has 10 nitrogen and oxygen atoms in total. The summed E-state index contributed by atoms with van der Waals surface area (Å²) in [6.07, 6.45) is -0.851. The summed E-state index contributed by atoms with van der Waals surface area (Å²) in [7, 11) is 0.